The average Bonchev–Trinajstić information content (AvgIpc) is 3.17. The molecule has 2 aromatic rings. The first-order valence-corrected chi connectivity index (χ1v) is 8.82. The topological polar surface area (TPSA) is 78.7 Å². The van der Waals surface area contributed by atoms with E-state index in [1.54, 1.807) is 13.3 Å². The van der Waals surface area contributed by atoms with Crippen LogP contribution in [-0.4, -0.2) is 32.0 Å². The molecule has 0 aliphatic carbocycles. The Balaban J connectivity index is 0.00000364. The smallest absolute Gasteiger partial charge is 0.227 e. The zero-order valence-electron chi connectivity index (χ0n) is 16.1. The van der Waals surface area contributed by atoms with Crippen LogP contribution in [-0.2, 0) is 17.8 Å². The minimum absolute atomic E-state index is 0. The molecule has 1 amide bonds. The van der Waals surface area contributed by atoms with E-state index in [4.69, 9.17) is 4.42 Å². The Morgan fingerprint density at radius 2 is 1.85 bits per heavy atom. The second kappa shape index (κ2) is 11.6. The highest BCUT2D eigenvalue weighted by atomic mass is 127. The highest BCUT2D eigenvalue weighted by Gasteiger charge is 2.26. The molecule has 27 heavy (non-hydrogen) atoms. The first-order valence-electron chi connectivity index (χ1n) is 8.82. The predicted octanol–water partition coefficient (Wildman–Crippen LogP) is 2.95. The number of guanidine groups is 1. The van der Waals surface area contributed by atoms with Crippen molar-refractivity contribution >= 4 is 35.8 Å². The van der Waals surface area contributed by atoms with Gasteiger partial charge in [0.25, 0.3) is 0 Å². The molecule has 7 heteroatoms. The largest absolute Gasteiger partial charge is 0.469 e. The molecule has 1 aromatic heterocycles. The lowest BCUT2D eigenvalue weighted by atomic mass is 9.92. The highest BCUT2D eigenvalue weighted by molar-refractivity contribution is 14.0. The van der Waals surface area contributed by atoms with Gasteiger partial charge in [-0.1, -0.05) is 30.3 Å². The van der Waals surface area contributed by atoms with Crippen molar-refractivity contribution in [3.8, 4) is 0 Å². The molecule has 0 unspecified atom stereocenters. The van der Waals surface area contributed by atoms with Crippen molar-refractivity contribution in [1.29, 1.82) is 0 Å². The third-order valence-corrected chi connectivity index (χ3v) is 4.05. The van der Waals surface area contributed by atoms with E-state index in [9.17, 15) is 4.79 Å². The SMILES string of the molecule is CNC(=O)C(C)(C)CNC(=NCc1ccccc1)NCCc1ccco1.I. The van der Waals surface area contributed by atoms with Crippen LogP contribution < -0.4 is 16.0 Å². The number of benzene rings is 1. The first kappa shape index (κ1) is 23.0. The molecule has 0 radical (unpaired) electrons. The van der Waals surface area contributed by atoms with E-state index >= 15 is 0 Å². The number of amides is 1. The van der Waals surface area contributed by atoms with Gasteiger partial charge in [-0.25, -0.2) is 4.99 Å². The lowest BCUT2D eigenvalue weighted by Crippen LogP contribution is -2.47. The zero-order valence-corrected chi connectivity index (χ0v) is 18.4. The number of furan rings is 1. The molecule has 0 bridgehead atoms. The van der Waals surface area contributed by atoms with Crippen LogP contribution in [0.4, 0.5) is 0 Å². The van der Waals surface area contributed by atoms with Crippen LogP contribution in [0.25, 0.3) is 0 Å². The summed E-state index contributed by atoms with van der Waals surface area (Å²) in [5, 5.41) is 9.27. The van der Waals surface area contributed by atoms with E-state index in [0.717, 1.165) is 17.7 Å². The van der Waals surface area contributed by atoms with Crippen LogP contribution in [0.1, 0.15) is 25.2 Å². The summed E-state index contributed by atoms with van der Waals surface area (Å²) in [5.41, 5.74) is 0.593. The van der Waals surface area contributed by atoms with E-state index in [0.29, 0.717) is 25.6 Å². The number of carbonyl (C=O) groups excluding carboxylic acids is 1. The van der Waals surface area contributed by atoms with Crippen molar-refractivity contribution in [3.05, 3.63) is 60.1 Å². The van der Waals surface area contributed by atoms with E-state index in [2.05, 4.69) is 20.9 Å². The molecule has 6 nitrogen and oxygen atoms in total. The summed E-state index contributed by atoms with van der Waals surface area (Å²) in [6.45, 7) is 5.53. The Hall–Kier alpha value is -2.03. The second-order valence-electron chi connectivity index (χ2n) is 6.72. The van der Waals surface area contributed by atoms with Gasteiger partial charge in [0.15, 0.2) is 5.96 Å². The molecular weight excluding hydrogens is 455 g/mol. The Labute approximate surface area is 178 Å². The fourth-order valence-electron chi connectivity index (χ4n) is 2.41. The number of hydrogen-bond donors (Lipinski definition) is 3. The summed E-state index contributed by atoms with van der Waals surface area (Å²) in [6, 6.07) is 13.9. The van der Waals surface area contributed by atoms with Gasteiger partial charge < -0.3 is 20.4 Å². The Morgan fingerprint density at radius 3 is 2.48 bits per heavy atom. The minimum Gasteiger partial charge on any atom is -0.469 e. The number of rotatable bonds is 8. The fourth-order valence-corrected chi connectivity index (χ4v) is 2.41. The third kappa shape index (κ3) is 8.03. The van der Waals surface area contributed by atoms with Crippen LogP contribution in [0.2, 0.25) is 0 Å². The molecule has 0 atom stereocenters. The van der Waals surface area contributed by atoms with Crippen LogP contribution in [0.3, 0.4) is 0 Å². The van der Waals surface area contributed by atoms with Crippen LogP contribution in [0.5, 0.6) is 0 Å². The van der Waals surface area contributed by atoms with Gasteiger partial charge in [0.05, 0.1) is 18.2 Å². The maximum absolute atomic E-state index is 12.0. The monoisotopic (exact) mass is 484 g/mol. The van der Waals surface area contributed by atoms with Crippen molar-refractivity contribution in [2.75, 3.05) is 20.1 Å². The maximum atomic E-state index is 12.0. The van der Waals surface area contributed by atoms with Crippen molar-refractivity contribution in [2.24, 2.45) is 10.4 Å². The molecule has 0 saturated heterocycles. The average molecular weight is 484 g/mol. The van der Waals surface area contributed by atoms with E-state index < -0.39 is 5.41 Å². The molecule has 1 aromatic carbocycles. The van der Waals surface area contributed by atoms with Crippen LogP contribution in [0, 0.1) is 5.41 Å². The number of hydrogen-bond acceptors (Lipinski definition) is 3. The maximum Gasteiger partial charge on any atom is 0.227 e. The van der Waals surface area contributed by atoms with Gasteiger partial charge in [-0.05, 0) is 31.5 Å². The van der Waals surface area contributed by atoms with Gasteiger partial charge in [0.2, 0.25) is 5.91 Å². The molecule has 1 heterocycles. The lowest BCUT2D eigenvalue weighted by Gasteiger charge is -2.24. The summed E-state index contributed by atoms with van der Waals surface area (Å²) < 4.78 is 5.35. The van der Waals surface area contributed by atoms with Crippen molar-refractivity contribution in [3.63, 3.8) is 0 Å². The minimum atomic E-state index is -0.537. The Kier molecular flexibility index (Phi) is 9.92. The Morgan fingerprint density at radius 1 is 1.11 bits per heavy atom. The molecule has 0 saturated carbocycles. The van der Waals surface area contributed by atoms with Gasteiger partial charge in [-0.15, -0.1) is 24.0 Å². The summed E-state index contributed by atoms with van der Waals surface area (Å²) in [4.78, 5) is 16.6. The fraction of sp³-hybridized carbons (Fsp3) is 0.400. The molecule has 0 aliphatic heterocycles. The van der Waals surface area contributed by atoms with Gasteiger partial charge in [-0.2, -0.15) is 0 Å². The zero-order chi connectivity index (χ0) is 18.8. The lowest BCUT2D eigenvalue weighted by molar-refractivity contribution is -0.128. The number of carbonyl (C=O) groups is 1. The quantitative estimate of drug-likeness (QED) is 0.306. The van der Waals surface area contributed by atoms with Crippen molar-refractivity contribution in [1.82, 2.24) is 16.0 Å². The summed E-state index contributed by atoms with van der Waals surface area (Å²) in [6.07, 6.45) is 2.43. The van der Waals surface area contributed by atoms with Crippen LogP contribution in [0.15, 0.2) is 58.1 Å². The third-order valence-electron chi connectivity index (χ3n) is 4.05. The van der Waals surface area contributed by atoms with Gasteiger partial charge >= 0.3 is 0 Å². The number of halogens is 1. The first-order chi connectivity index (χ1) is 12.5. The molecule has 3 N–H and O–H groups in total. The summed E-state index contributed by atoms with van der Waals surface area (Å²) in [5.74, 6) is 1.59. The molecule has 2 rings (SSSR count). The highest BCUT2D eigenvalue weighted by Crippen LogP contribution is 2.13. The molecule has 0 fully saturated rings. The summed E-state index contributed by atoms with van der Waals surface area (Å²) >= 11 is 0. The van der Waals surface area contributed by atoms with Gasteiger partial charge in [0, 0.05) is 26.6 Å². The molecule has 148 valence electrons. The van der Waals surface area contributed by atoms with E-state index in [1.165, 1.54) is 0 Å². The van der Waals surface area contributed by atoms with E-state index in [1.807, 2.05) is 56.3 Å². The Bertz CT molecular complexity index is 700. The molecule has 0 spiro atoms. The number of nitrogens with zero attached hydrogens (tertiary/aromatic N) is 1. The second-order valence-corrected chi connectivity index (χ2v) is 6.72. The predicted molar refractivity (Wildman–Crippen MR) is 119 cm³/mol. The van der Waals surface area contributed by atoms with Gasteiger partial charge in [-0.3, -0.25) is 4.79 Å². The number of nitrogens with one attached hydrogen (secondary N) is 3. The standard InChI is InChI=1S/C20H28N4O2.HI/c1-20(2,18(25)21-3)15-24-19(22-12-11-17-10-7-13-26-17)23-14-16-8-5-4-6-9-16;/h4-10,13H,11-12,14-15H2,1-3H3,(H,21,25)(H2,22,23,24);1H. The summed E-state index contributed by atoms with van der Waals surface area (Å²) in [7, 11) is 1.65. The van der Waals surface area contributed by atoms with Crippen molar-refractivity contribution < 1.29 is 9.21 Å². The van der Waals surface area contributed by atoms with Crippen molar-refractivity contribution in [2.45, 2.75) is 26.8 Å². The number of aliphatic imine (C=N–C) groups is 1. The van der Waals surface area contributed by atoms with Crippen LogP contribution >= 0.6 is 24.0 Å². The molecular formula is C20H29IN4O2. The van der Waals surface area contributed by atoms with E-state index in [-0.39, 0.29) is 29.9 Å². The molecule has 0 aliphatic rings. The normalized spacial score (nSPS) is 11.4. The van der Waals surface area contributed by atoms with Gasteiger partial charge in [0.1, 0.15) is 5.76 Å².